The van der Waals surface area contributed by atoms with Gasteiger partial charge in [-0.3, -0.25) is 0 Å². The second-order valence-corrected chi connectivity index (χ2v) is 4.93. The number of nitrogens with one attached hydrogen (secondary N) is 1. The fourth-order valence-electron chi connectivity index (χ4n) is 0.934. The highest BCUT2D eigenvalue weighted by atomic mass is 32.2. The third-order valence-electron chi connectivity index (χ3n) is 1.70. The van der Waals surface area contributed by atoms with Gasteiger partial charge in [0.05, 0.1) is 4.90 Å². The van der Waals surface area contributed by atoms with Gasteiger partial charge >= 0.3 is 0 Å². The van der Waals surface area contributed by atoms with Crippen molar-refractivity contribution in [3.05, 3.63) is 29.8 Å². The van der Waals surface area contributed by atoms with E-state index in [1.807, 2.05) is 0 Å². The average molecular weight is 230 g/mol. The van der Waals surface area contributed by atoms with E-state index in [9.17, 15) is 8.42 Å². The van der Waals surface area contributed by atoms with Crippen molar-refractivity contribution < 1.29 is 8.42 Å². The zero-order chi connectivity index (χ0) is 10.8. The molecular weight excluding hydrogens is 220 g/mol. The predicted molar refractivity (Wildman–Crippen MR) is 58.6 cm³/mol. The SMILES string of the molecule is CNS(=O)(=O)c1cccc(C(N)=S)c1. The van der Waals surface area contributed by atoms with Crippen molar-refractivity contribution in [2.24, 2.45) is 5.73 Å². The summed E-state index contributed by atoms with van der Waals surface area (Å²) in [7, 11) is -2.07. The molecule has 14 heavy (non-hydrogen) atoms. The zero-order valence-electron chi connectivity index (χ0n) is 7.52. The van der Waals surface area contributed by atoms with Crippen molar-refractivity contribution in [3.8, 4) is 0 Å². The molecule has 0 aliphatic heterocycles. The number of nitrogens with two attached hydrogens (primary N) is 1. The van der Waals surface area contributed by atoms with Crippen LogP contribution < -0.4 is 10.5 Å². The van der Waals surface area contributed by atoms with Crippen LogP contribution in [0, 0.1) is 0 Å². The number of thiocarbonyl (C=S) groups is 1. The van der Waals surface area contributed by atoms with Gasteiger partial charge < -0.3 is 5.73 Å². The maximum Gasteiger partial charge on any atom is 0.240 e. The molecule has 0 unspecified atom stereocenters. The Hall–Kier alpha value is -0.980. The van der Waals surface area contributed by atoms with E-state index in [0.717, 1.165) is 0 Å². The molecule has 0 aromatic heterocycles. The Morgan fingerprint density at radius 3 is 2.64 bits per heavy atom. The molecule has 0 atom stereocenters. The van der Waals surface area contributed by atoms with Crippen LogP contribution in [0.2, 0.25) is 0 Å². The molecule has 4 nitrogen and oxygen atoms in total. The minimum Gasteiger partial charge on any atom is -0.389 e. The first-order valence-corrected chi connectivity index (χ1v) is 5.70. The second-order valence-electron chi connectivity index (χ2n) is 2.60. The van der Waals surface area contributed by atoms with Crippen molar-refractivity contribution in [2.45, 2.75) is 4.90 Å². The van der Waals surface area contributed by atoms with E-state index in [4.69, 9.17) is 18.0 Å². The standard InChI is InChI=1S/C8H10N2O2S2/c1-10-14(11,12)7-4-2-3-6(5-7)8(9)13/h2-5,10H,1H3,(H2,9,13). The van der Waals surface area contributed by atoms with Gasteiger partial charge in [0, 0.05) is 5.56 Å². The van der Waals surface area contributed by atoms with Gasteiger partial charge in [-0.2, -0.15) is 0 Å². The molecule has 0 heterocycles. The van der Waals surface area contributed by atoms with Crippen LogP contribution in [-0.2, 0) is 10.0 Å². The van der Waals surface area contributed by atoms with Gasteiger partial charge in [-0.15, -0.1) is 0 Å². The molecule has 0 saturated heterocycles. The summed E-state index contributed by atoms with van der Waals surface area (Å²) in [5.41, 5.74) is 5.92. The molecule has 0 fully saturated rings. The molecule has 0 saturated carbocycles. The van der Waals surface area contributed by atoms with Gasteiger partial charge in [0.2, 0.25) is 10.0 Å². The van der Waals surface area contributed by atoms with E-state index in [1.54, 1.807) is 12.1 Å². The Balaban J connectivity index is 3.26. The molecule has 1 aromatic carbocycles. The molecule has 0 aliphatic carbocycles. The summed E-state index contributed by atoms with van der Waals surface area (Å²) in [6.07, 6.45) is 0. The molecule has 0 amide bonds. The third-order valence-corrected chi connectivity index (χ3v) is 3.35. The Bertz CT molecular complexity index is 454. The van der Waals surface area contributed by atoms with Crippen LogP contribution in [0.1, 0.15) is 5.56 Å². The summed E-state index contributed by atoms with van der Waals surface area (Å²) in [5, 5.41) is 0. The maximum absolute atomic E-state index is 11.4. The molecule has 0 aliphatic rings. The van der Waals surface area contributed by atoms with Gasteiger partial charge in [0.15, 0.2) is 0 Å². The summed E-state index contributed by atoms with van der Waals surface area (Å²) in [6.45, 7) is 0. The minimum absolute atomic E-state index is 0.158. The summed E-state index contributed by atoms with van der Waals surface area (Å²) in [6, 6.07) is 6.18. The highest BCUT2D eigenvalue weighted by Crippen LogP contribution is 2.10. The van der Waals surface area contributed by atoms with E-state index in [1.165, 1.54) is 19.2 Å². The molecule has 1 rings (SSSR count). The Labute approximate surface area is 88.2 Å². The van der Waals surface area contributed by atoms with Crippen LogP contribution in [0.5, 0.6) is 0 Å². The predicted octanol–water partition coefficient (Wildman–Crippen LogP) is 0.229. The van der Waals surface area contributed by atoms with Gasteiger partial charge in [0.1, 0.15) is 4.99 Å². The van der Waals surface area contributed by atoms with Crippen LogP contribution in [0.15, 0.2) is 29.2 Å². The minimum atomic E-state index is -3.42. The summed E-state index contributed by atoms with van der Waals surface area (Å²) in [5.74, 6) is 0. The molecule has 76 valence electrons. The van der Waals surface area contributed by atoms with Gasteiger partial charge in [-0.25, -0.2) is 13.1 Å². The van der Waals surface area contributed by atoms with Crippen LogP contribution in [0.25, 0.3) is 0 Å². The smallest absolute Gasteiger partial charge is 0.240 e. The van der Waals surface area contributed by atoms with Crippen LogP contribution in [-0.4, -0.2) is 20.5 Å². The van der Waals surface area contributed by atoms with Crippen LogP contribution in [0.4, 0.5) is 0 Å². The van der Waals surface area contributed by atoms with Crippen LogP contribution >= 0.6 is 12.2 Å². The van der Waals surface area contributed by atoms with Gasteiger partial charge in [0.25, 0.3) is 0 Å². The quantitative estimate of drug-likeness (QED) is 0.729. The second kappa shape index (κ2) is 4.04. The summed E-state index contributed by atoms with van der Waals surface area (Å²) in [4.78, 5) is 0.337. The Morgan fingerprint density at radius 2 is 2.14 bits per heavy atom. The van der Waals surface area contributed by atoms with Crippen molar-refractivity contribution >= 4 is 27.2 Å². The number of benzene rings is 1. The molecule has 3 N–H and O–H groups in total. The van der Waals surface area contributed by atoms with Crippen molar-refractivity contribution in [1.82, 2.24) is 4.72 Å². The Morgan fingerprint density at radius 1 is 1.50 bits per heavy atom. The number of sulfonamides is 1. The summed E-state index contributed by atoms with van der Waals surface area (Å²) >= 11 is 4.74. The maximum atomic E-state index is 11.4. The Kier molecular flexibility index (Phi) is 3.20. The third kappa shape index (κ3) is 2.28. The van der Waals surface area contributed by atoms with E-state index in [-0.39, 0.29) is 9.88 Å². The first-order chi connectivity index (χ1) is 6.47. The summed E-state index contributed by atoms with van der Waals surface area (Å²) < 4.78 is 25.0. The first-order valence-electron chi connectivity index (χ1n) is 3.81. The van der Waals surface area contributed by atoms with E-state index < -0.39 is 10.0 Å². The molecule has 0 radical (unpaired) electrons. The lowest BCUT2D eigenvalue weighted by molar-refractivity contribution is 0.588. The average Bonchev–Trinajstić information content (AvgIpc) is 2.18. The molecule has 1 aromatic rings. The number of hydrogen-bond acceptors (Lipinski definition) is 3. The lowest BCUT2D eigenvalue weighted by Crippen LogP contribution is -2.19. The van der Waals surface area contributed by atoms with Gasteiger partial charge in [-0.1, -0.05) is 24.4 Å². The topological polar surface area (TPSA) is 72.2 Å². The lowest BCUT2D eigenvalue weighted by Gasteiger charge is -2.03. The fourth-order valence-corrected chi connectivity index (χ4v) is 1.84. The normalized spacial score (nSPS) is 11.2. The lowest BCUT2D eigenvalue weighted by atomic mass is 10.2. The highest BCUT2D eigenvalue weighted by Gasteiger charge is 2.11. The van der Waals surface area contributed by atoms with Crippen molar-refractivity contribution in [2.75, 3.05) is 7.05 Å². The highest BCUT2D eigenvalue weighted by molar-refractivity contribution is 7.89. The van der Waals surface area contributed by atoms with E-state index >= 15 is 0 Å². The van der Waals surface area contributed by atoms with E-state index in [2.05, 4.69) is 4.72 Å². The van der Waals surface area contributed by atoms with E-state index in [0.29, 0.717) is 5.56 Å². The number of rotatable bonds is 3. The zero-order valence-corrected chi connectivity index (χ0v) is 9.15. The molecule has 0 spiro atoms. The van der Waals surface area contributed by atoms with Crippen molar-refractivity contribution in [3.63, 3.8) is 0 Å². The monoisotopic (exact) mass is 230 g/mol. The molecule has 0 bridgehead atoms. The van der Waals surface area contributed by atoms with Crippen LogP contribution in [0.3, 0.4) is 0 Å². The van der Waals surface area contributed by atoms with Crippen molar-refractivity contribution in [1.29, 1.82) is 0 Å². The molecular formula is C8H10N2O2S2. The largest absolute Gasteiger partial charge is 0.389 e. The number of hydrogen-bond donors (Lipinski definition) is 2. The first kappa shape index (κ1) is 11.1. The fraction of sp³-hybridized carbons (Fsp3) is 0.125. The van der Waals surface area contributed by atoms with Gasteiger partial charge in [-0.05, 0) is 19.2 Å². The molecule has 6 heteroatoms.